The van der Waals surface area contributed by atoms with Gasteiger partial charge < -0.3 is 25.4 Å². The summed E-state index contributed by atoms with van der Waals surface area (Å²) in [5.74, 6) is -0.980. The van der Waals surface area contributed by atoms with Crippen LogP contribution in [0.15, 0.2) is 78.9 Å². The van der Waals surface area contributed by atoms with Gasteiger partial charge in [0.25, 0.3) is 5.91 Å². The molecule has 4 rings (SSSR count). The first-order valence-electron chi connectivity index (χ1n) is 14.8. The fourth-order valence-corrected chi connectivity index (χ4v) is 5.37. The van der Waals surface area contributed by atoms with Gasteiger partial charge in [0, 0.05) is 5.69 Å². The molecule has 230 valence electrons. The number of carbonyl (C=O) groups is 3. The Morgan fingerprint density at radius 3 is 2.02 bits per heavy atom. The van der Waals surface area contributed by atoms with Gasteiger partial charge in [0.2, 0.25) is 0 Å². The van der Waals surface area contributed by atoms with Crippen molar-refractivity contribution in [3.05, 3.63) is 107 Å². The fourth-order valence-electron chi connectivity index (χ4n) is 5.37. The average molecular weight is 596 g/mol. The van der Waals surface area contributed by atoms with Gasteiger partial charge in [-0.25, -0.2) is 9.59 Å². The maximum absolute atomic E-state index is 13.9. The van der Waals surface area contributed by atoms with E-state index < -0.39 is 30.1 Å². The standard InChI is InChI=1S/C36H41N3O5/c1-22(2)16-31(44-21-26-12-8-7-9-13-26)33(35(41)43-6)38-34(40)29-19-27-14-10-11-15-28(27)20-30(29)37-36(42)39-32-24(4)17-23(3)18-25(32)5/h7-15,17-20,22,31,33H,16,21H2,1-6H3,(H,38,40)(H2,37,39,42)/t31-,33?/m1/s1. The summed E-state index contributed by atoms with van der Waals surface area (Å²) in [6.45, 7) is 10.2. The van der Waals surface area contributed by atoms with Crippen molar-refractivity contribution in [1.82, 2.24) is 5.32 Å². The van der Waals surface area contributed by atoms with Crippen molar-refractivity contribution in [2.24, 2.45) is 5.92 Å². The lowest BCUT2D eigenvalue weighted by molar-refractivity contribution is -0.148. The van der Waals surface area contributed by atoms with Gasteiger partial charge in [-0.1, -0.05) is 86.1 Å². The number of aryl methyl sites for hydroxylation is 3. The predicted octanol–water partition coefficient (Wildman–Crippen LogP) is 7.31. The monoisotopic (exact) mass is 595 g/mol. The number of esters is 1. The molecule has 0 radical (unpaired) electrons. The Kier molecular flexibility index (Phi) is 10.7. The van der Waals surface area contributed by atoms with E-state index in [1.807, 2.05) is 101 Å². The predicted molar refractivity (Wildman–Crippen MR) is 175 cm³/mol. The molecule has 3 N–H and O–H groups in total. The first-order valence-corrected chi connectivity index (χ1v) is 14.8. The van der Waals surface area contributed by atoms with E-state index in [1.165, 1.54) is 7.11 Å². The number of hydrogen-bond donors (Lipinski definition) is 3. The summed E-state index contributed by atoms with van der Waals surface area (Å²) < 4.78 is 11.3. The topological polar surface area (TPSA) is 106 Å². The lowest BCUT2D eigenvalue weighted by Crippen LogP contribution is -2.50. The molecule has 0 aliphatic rings. The summed E-state index contributed by atoms with van der Waals surface area (Å²) >= 11 is 0. The minimum atomic E-state index is -1.08. The third kappa shape index (κ3) is 8.23. The molecule has 0 heterocycles. The molecule has 4 aromatic rings. The quantitative estimate of drug-likeness (QED) is 0.158. The molecule has 0 fully saturated rings. The van der Waals surface area contributed by atoms with Gasteiger partial charge in [-0.2, -0.15) is 0 Å². The summed E-state index contributed by atoms with van der Waals surface area (Å²) in [6.07, 6.45) is -0.146. The number of rotatable bonds is 11. The first kappa shape index (κ1) is 32.2. The number of benzene rings is 4. The summed E-state index contributed by atoms with van der Waals surface area (Å²) in [4.78, 5) is 40.3. The highest BCUT2D eigenvalue weighted by molar-refractivity contribution is 6.10. The Balaban J connectivity index is 1.64. The van der Waals surface area contributed by atoms with Crippen molar-refractivity contribution in [2.45, 2.75) is 59.8 Å². The first-order chi connectivity index (χ1) is 21.0. The lowest BCUT2D eigenvalue weighted by Gasteiger charge is -2.28. The smallest absolute Gasteiger partial charge is 0.331 e. The van der Waals surface area contributed by atoms with Gasteiger partial charge in [0.05, 0.1) is 31.1 Å². The van der Waals surface area contributed by atoms with E-state index >= 15 is 0 Å². The molecule has 2 atom stereocenters. The number of fused-ring (bicyclic) bond motifs is 1. The minimum Gasteiger partial charge on any atom is -0.467 e. The zero-order chi connectivity index (χ0) is 31.8. The number of methoxy groups -OCH3 is 1. The normalized spacial score (nSPS) is 12.4. The molecule has 0 saturated carbocycles. The third-order valence-corrected chi connectivity index (χ3v) is 7.42. The third-order valence-electron chi connectivity index (χ3n) is 7.42. The molecule has 0 saturated heterocycles. The number of hydrogen-bond acceptors (Lipinski definition) is 5. The minimum absolute atomic E-state index is 0.176. The summed E-state index contributed by atoms with van der Waals surface area (Å²) in [5.41, 5.74) is 5.12. The van der Waals surface area contributed by atoms with E-state index in [0.717, 1.165) is 33.0 Å². The molecule has 3 amide bonds. The molecular weight excluding hydrogens is 554 g/mol. The van der Waals surface area contributed by atoms with Gasteiger partial charge in [-0.05, 0) is 72.7 Å². The summed E-state index contributed by atoms with van der Waals surface area (Å²) in [5, 5.41) is 10.3. The molecule has 44 heavy (non-hydrogen) atoms. The maximum Gasteiger partial charge on any atom is 0.331 e. The zero-order valence-electron chi connectivity index (χ0n) is 26.2. The Hall–Kier alpha value is -4.69. The van der Waals surface area contributed by atoms with Crippen LogP contribution in [-0.2, 0) is 20.9 Å². The molecule has 8 heteroatoms. The average Bonchev–Trinajstić information content (AvgIpc) is 2.99. The number of urea groups is 1. The van der Waals surface area contributed by atoms with Crippen LogP contribution in [0.1, 0.15) is 52.9 Å². The molecule has 1 unspecified atom stereocenters. The van der Waals surface area contributed by atoms with Crippen molar-refractivity contribution in [3.8, 4) is 0 Å². The number of ether oxygens (including phenoxy) is 2. The van der Waals surface area contributed by atoms with Crippen molar-refractivity contribution >= 4 is 40.1 Å². The highest BCUT2D eigenvalue weighted by Crippen LogP contribution is 2.27. The van der Waals surface area contributed by atoms with Crippen LogP contribution in [0.25, 0.3) is 10.8 Å². The highest BCUT2D eigenvalue weighted by Gasteiger charge is 2.33. The van der Waals surface area contributed by atoms with Crippen LogP contribution in [-0.4, -0.2) is 37.2 Å². The molecular formula is C36H41N3O5. The van der Waals surface area contributed by atoms with Gasteiger partial charge in [-0.15, -0.1) is 0 Å². The second kappa shape index (κ2) is 14.7. The van der Waals surface area contributed by atoms with Gasteiger partial charge >= 0.3 is 12.0 Å². The number of nitrogens with one attached hydrogen (secondary N) is 3. The molecule has 0 aliphatic heterocycles. The van der Waals surface area contributed by atoms with Crippen LogP contribution in [0.3, 0.4) is 0 Å². The molecule has 0 spiro atoms. The Morgan fingerprint density at radius 2 is 1.41 bits per heavy atom. The van der Waals surface area contributed by atoms with E-state index in [1.54, 1.807) is 12.1 Å². The van der Waals surface area contributed by atoms with Crippen LogP contribution in [0, 0.1) is 26.7 Å². The van der Waals surface area contributed by atoms with Crippen molar-refractivity contribution < 1.29 is 23.9 Å². The van der Waals surface area contributed by atoms with Crippen molar-refractivity contribution in [2.75, 3.05) is 17.7 Å². The van der Waals surface area contributed by atoms with E-state index in [2.05, 4.69) is 16.0 Å². The van der Waals surface area contributed by atoms with E-state index in [9.17, 15) is 14.4 Å². The molecule has 8 nitrogen and oxygen atoms in total. The molecule has 4 aromatic carbocycles. The molecule has 0 bridgehead atoms. The number of amides is 3. The van der Waals surface area contributed by atoms with Crippen LogP contribution in [0.4, 0.5) is 16.2 Å². The van der Waals surface area contributed by atoms with Crippen molar-refractivity contribution in [3.63, 3.8) is 0 Å². The van der Waals surface area contributed by atoms with Crippen LogP contribution < -0.4 is 16.0 Å². The van der Waals surface area contributed by atoms with Crippen molar-refractivity contribution in [1.29, 1.82) is 0 Å². The maximum atomic E-state index is 13.9. The molecule has 0 aromatic heterocycles. The van der Waals surface area contributed by atoms with Gasteiger partial charge in [0.1, 0.15) is 0 Å². The summed E-state index contributed by atoms with van der Waals surface area (Å²) in [6, 6.07) is 23.1. The van der Waals surface area contributed by atoms with E-state index in [0.29, 0.717) is 17.8 Å². The van der Waals surface area contributed by atoms with Crippen LogP contribution in [0.5, 0.6) is 0 Å². The van der Waals surface area contributed by atoms with Gasteiger partial charge in [0.15, 0.2) is 6.04 Å². The van der Waals surface area contributed by atoms with E-state index in [-0.39, 0.29) is 18.1 Å². The second-order valence-electron chi connectivity index (χ2n) is 11.5. The van der Waals surface area contributed by atoms with Gasteiger partial charge in [-0.3, -0.25) is 4.79 Å². The number of anilines is 2. The highest BCUT2D eigenvalue weighted by atomic mass is 16.5. The molecule has 0 aliphatic carbocycles. The Labute approximate surface area is 259 Å². The zero-order valence-corrected chi connectivity index (χ0v) is 26.2. The summed E-state index contributed by atoms with van der Waals surface area (Å²) in [7, 11) is 1.29. The van der Waals surface area contributed by atoms with E-state index in [4.69, 9.17) is 9.47 Å². The fraction of sp³-hybridized carbons (Fsp3) is 0.306. The SMILES string of the molecule is COC(=O)C(NC(=O)c1cc2ccccc2cc1NC(=O)Nc1c(C)cc(C)cc1C)[C@@H](CC(C)C)OCc1ccccc1. The Bertz CT molecular complexity index is 1610. The number of carbonyl (C=O) groups excluding carboxylic acids is 3. The second-order valence-corrected chi connectivity index (χ2v) is 11.5. The largest absolute Gasteiger partial charge is 0.467 e. The lowest BCUT2D eigenvalue weighted by atomic mass is 9.98. The van der Waals surface area contributed by atoms with Crippen LogP contribution >= 0.6 is 0 Å². The van der Waals surface area contributed by atoms with Crippen LogP contribution in [0.2, 0.25) is 0 Å². The Morgan fingerprint density at radius 1 is 0.795 bits per heavy atom.